The van der Waals surface area contributed by atoms with Gasteiger partial charge >= 0.3 is 0 Å². The van der Waals surface area contributed by atoms with Gasteiger partial charge in [-0.1, -0.05) is 0 Å². The van der Waals surface area contributed by atoms with Crippen molar-refractivity contribution in [1.82, 2.24) is 9.55 Å². The Kier molecular flexibility index (Phi) is 3.01. The Labute approximate surface area is 97.3 Å². The lowest BCUT2D eigenvalue weighted by Gasteiger charge is -2.15. The Morgan fingerprint density at radius 1 is 1.71 bits per heavy atom. The van der Waals surface area contributed by atoms with E-state index in [0.717, 1.165) is 0 Å². The van der Waals surface area contributed by atoms with Crippen LogP contribution in [0.4, 0.5) is 5.82 Å². The molecule has 2 heterocycles. The Morgan fingerprint density at radius 2 is 2.41 bits per heavy atom. The van der Waals surface area contributed by atoms with Crippen LogP contribution >= 0.6 is 0 Å². The molecule has 0 aromatic carbocycles. The van der Waals surface area contributed by atoms with Crippen LogP contribution in [-0.2, 0) is 4.74 Å². The van der Waals surface area contributed by atoms with Crippen molar-refractivity contribution in [3.63, 3.8) is 0 Å². The van der Waals surface area contributed by atoms with Crippen LogP contribution in [0.15, 0.2) is 6.33 Å². The first-order valence-electron chi connectivity index (χ1n) is 5.15. The van der Waals surface area contributed by atoms with E-state index in [-0.39, 0.29) is 24.0 Å². The fourth-order valence-electron chi connectivity index (χ4n) is 1.92. The summed E-state index contributed by atoms with van der Waals surface area (Å²) in [7, 11) is 0. The van der Waals surface area contributed by atoms with Crippen LogP contribution in [-0.4, -0.2) is 44.4 Å². The number of anilines is 1. The van der Waals surface area contributed by atoms with Gasteiger partial charge < -0.3 is 26.4 Å². The van der Waals surface area contributed by atoms with Gasteiger partial charge in [0.05, 0.1) is 19.0 Å². The molecule has 1 aliphatic rings. The summed E-state index contributed by atoms with van der Waals surface area (Å²) >= 11 is 0. The van der Waals surface area contributed by atoms with Gasteiger partial charge in [0.1, 0.15) is 23.9 Å². The molecule has 0 bridgehead atoms. The molecular formula is C9H15N5O3. The number of hydrogen-bond acceptors (Lipinski definition) is 6. The van der Waals surface area contributed by atoms with Crippen molar-refractivity contribution in [2.75, 3.05) is 12.3 Å². The van der Waals surface area contributed by atoms with E-state index in [1.807, 2.05) is 0 Å². The molecule has 94 valence electrons. The Morgan fingerprint density at radius 3 is 2.94 bits per heavy atom. The van der Waals surface area contributed by atoms with Crippen LogP contribution in [0.3, 0.4) is 0 Å². The number of nitrogen functional groups attached to an aromatic ring is 2. The lowest BCUT2D eigenvalue weighted by molar-refractivity contribution is -0.0445. The number of rotatable bonds is 3. The molecule has 0 radical (unpaired) electrons. The second-order valence-electron chi connectivity index (χ2n) is 3.91. The molecule has 1 fully saturated rings. The zero-order valence-electron chi connectivity index (χ0n) is 9.08. The van der Waals surface area contributed by atoms with Gasteiger partial charge in [0.2, 0.25) is 0 Å². The minimum absolute atomic E-state index is 0.142. The summed E-state index contributed by atoms with van der Waals surface area (Å²) in [6.07, 6.45) is -0.215. The third-order valence-corrected chi connectivity index (χ3v) is 2.77. The Balaban J connectivity index is 2.27. The predicted molar refractivity (Wildman–Crippen MR) is 59.3 cm³/mol. The number of nitrogens with two attached hydrogens (primary N) is 2. The summed E-state index contributed by atoms with van der Waals surface area (Å²) in [6.45, 7) is -0.267. The number of hydrogen-bond donors (Lipinski definition) is 5. The molecule has 3 atom stereocenters. The third kappa shape index (κ3) is 1.97. The number of amidine groups is 1. The first kappa shape index (κ1) is 11.8. The van der Waals surface area contributed by atoms with E-state index in [1.165, 1.54) is 10.9 Å². The molecular weight excluding hydrogens is 226 g/mol. The van der Waals surface area contributed by atoms with Crippen LogP contribution in [0.5, 0.6) is 0 Å². The minimum atomic E-state index is -0.756. The maximum Gasteiger partial charge on any atom is 0.153 e. The van der Waals surface area contributed by atoms with Gasteiger partial charge in [-0.3, -0.25) is 9.98 Å². The first-order valence-corrected chi connectivity index (χ1v) is 5.15. The van der Waals surface area contributed by atoms with E-state index in [0.29, 0.717) is 6.42 Å². The predicted octanol–water partition coefficient (Wildman–Crippen LogP) is -1.61. The monoisotopic (exact) mass is 241 g/mol. The van der Waals surface area contributed by atoms with Gasteiger partial charge in [-0.05, 0) is 0 Å². The molecule has 0 saturated carbocycles. The van der Waals surface area contributed by atoms with Crippen molar-refractivity contribution in [3.05, 3.63) is 12.0 Å². The molecule has 1 unspecified atom stereocenters. The van der Waals surface area contributed by atoms with E-state index < -0.39 is 18.4 Å². The number of nitrogens with one attached hydrogen (secondary N) is 1. The molecule has 1 aliphatic heterocycles. The van der Waals surface area contributed by atoms with Crippen LogP contribution in [0.1, 0.15) is 18.3 Å². The molecule has 8 heteroatoms. The summed E-state index contributed by atoms with van der Waals surface area (Å²) < 4.78 is 6.92. The minimum Gasteiger partial charge on any atom is -0.394 e. The second kappa shape index (κ2) is 4.32. The van der Waals surface area contributed by atoms with Crippen LogP contribution in [0.2, 0.25) is 0 Å². The van der Waals surface area contributed by atoms with Gasteiger partial charge in [0.25, 0.3) is 0 Å². The fraction of sp³-hybridized carbons (Fsp3) is 0.556. The topological polar surface area (TPSA) is 143 Å². The van der Waals surface area contributed by atoms with E-state index in [4.69, 9.17) is 26.7 Å². The van der Waals surface area contributed by atoms with E-state index in [2.05, 4.69) is 4.98 Å². The lowest BCUT2D eigenvalue weighted by Crippen LogP contribution is -2.24. The van der Waals surface area contributed by atoms with E-state index in [9.17, 15) is 5.11 Å². The Hall–Kier alpha value is -1.64. The average Bonchev–Trinajstić information content (AvgIpc) is 2.81. The highest BCUT2D eigenvalue weighted by Gasteiger charge is 2.35. The summed E-state index contributed by atoms with van der Waals surface area (Å²) in [6, 6.07) is 0. The molecule has 1 saturated heterocycles. The number of aliphatic hydroxyl groups is 2. The Bertz CT molecular complexity index is 432. The van der Waals surface area contributed by atoms with E-state index in [1.54, 1.807) is 0 Å². The highest BCUT2D eigenvalue weighted by molar-refractivity contribution is 5.97. The van der Waals surface area contributed by atoms with Crippen LogP contribution in [0, 0.1) is 5.41 Å². The van der Waals surface area contributed by atoms with E-state index >= 15 is 0 Å². The van der Waals surface area contributed by atoms with Crippen molar-refractivity contribution in [2.45, 2.75) is 24.9 Å². The zero-order valence-corrected chi connectivity index (χ0v) is 9.08. The van der Waals surface area contributed by atoms with Gasteiger partial charge in [-0.15, -0.1) is 0 Å². The molecule has 2 rings (SSSR count). The molecule has 17 heavy (non-hydrogen) atoms. The SMILES string of the molecule is N=C(N)c1c(N)ncn1C1C[C@H](O)[C@@H](CO)O1. The highest BCUT2D eigenvalue weighted by Crippen LogP contribution is 2.30. The summed E-state index contributed by atoms with van der Waals surface area (Å²) in [4.78, 5) is 3.85. The van der Waals surface area contributed by atoms with Gasteiger partial charge in [0.15, 0.2) is 5.82 Å². The smallest absolute Gasteiger partial charge is 0.153 e. The number of aliphatic hydroxyl groups excluding tert-OH is 2. The average molecular weight is 241 g/mol. The summed E-state index contributed by atoms with van der Waals surface area (Å²) in [5.74, 6) is -0.0754. The van der Waals surface area contributed by atoms with Crippen molar-refractivity contribution >= 4 is 11.7 Å². The van der Waals surface area contributed by atoms with Crippen molar-refractivity contribution in [2.24, 2.45) is 5.73 Å². The molecule has 7 N–H and O–H groups in total. The molecule has 1 aromatic rings. The molecule has 0 aliphatic carbocycles. The summed E-state index contributed by atoms with van der Waals surface area (Å²) in [5, 5.41) is 26.0. The number of imidazole rings is 1. The molecule has 0 spiro atoms. The normalized spacial score (nSPS) is 28.5. The van der Waals surface area contributed by atoms with Gasteiger partial charge in [-0.25, -0.2) is 4.98 Å². The fourth-order valence-corrected chi connectivity index (χ4v) is 1.92. The molecule has 1 aromatic heterocycles. The quantitative estimate of drug-likeness (QED) is 0.318. The lowest BCUT2D eigenvalue weighted by atomic mass is 10.2. The van der Waals surface area contributed by atoms with Crippen molar-refractivity contribution in [1.29, 1.82) is 5.41 Å². The second-order valence-corrected chi connectivity index (χ2v) is 3.91. The van der Waals surface area contributed by atoms with Crippen LogP contribution in [0.25, 0.3) is 0 Å². The largest absolute Gasteiger partial charge is 0.394 e. The maximum absolute atomic E-state index is 9.62. The number of nitrogens with zero attached hydrogens (tertiary/aromatic N) is 2. The zero-order chi connectivity index (χ0) is 12.6. The maximum atomic E-state index is 9.62. The first-order chi connectivity index (χ1) is 8.04. The third-order valence-electron chi connectivity index (χ3n) is 2.77. The van der Waals surface area contributed by atoms with Gasteiger partial charge in [0, 0.05) is 6.42 Å². The summed E-state index contributed by atoms with van der Waals surface area (Å²) in [5.41, 5.74) is 11.3. The number of ether oxygens (including phenoxy) is 1. The highest BCUT2D eigenvalue weighted by atomic mass is 16.5. The number of aromatic nitrogens is 2. The van der Waals surface area contributed by atoms with Gasteiger partial charge in [-0.2, -0.15) is 0 Å². The van der Waals surface area contributed by atoms with Crippen molar-refractivity contribution in [3.8, 4) is 0 Å². The molecule has 0 amide bonds. The molecule has 8 nitrogen and oxygen atoms in total. The van der Waals surface area contributed by atoms with Crippen molar-refractivity contribution < 1.29 is 14.9 Å². The standard InChI is InChI=1S/C9H15N5O3/c10-8(11)7-9(12)13-3-14(7)6-1-4(16)5(2-15)17-6/h3-6,15-16H,1-2,12H2,(H3,10,11)/t4-,5+,6?/m0/s1. The van der Waals surface area contributed by atoms with Crippen LogP contribution < -0.4 is 11.5 Å².